The third kappa shape index (κ3) is 1.78. The van der Waals surface area contributed by atoms with Crippen LogP contribution in [-0.4, -0.2) is 11.2 Å². The molecule has 0 aromatic heterocycles. The molecule has 0 aromatic carbocycles. The van der Waals surface area contributed by atoms with Gasteiger partial charge in [0.05, 0.1) is 11.8 Å². The van der Waals surface area contributed by atoms with Gasteiger partial charge in [0.25, 0.3) is 0 Å². The number of hydrogen-bond acceptors (Lipinski definition) is 2. The van der Waals surface area contributed by atoms with Crippen LogP contribution in [0.1, 0.15) is 13.3 Å². The van der Waals surface area contributed by atoms with Gasteiger partial charge in [-0.15, -0.1) is 0 Å². The van der Waals surface area contributed by atoms with Gasteiger partial charge in [0.15, 0.2) is 0 Å². The normalized spacial score (nSPS) is 31.6. The number of nitrogens with two attached hydrogens (primary N) is 1. The molecule has 10 heavy (non-hydrogen) atoms. The summed E-state index contributed by atoms with van der Waals surface area (Å²) in [5.74, 6) is 5.92. The third-order valence-electron chi connectivity index (χ3n) is 1.43. The van der Waals surface area contributed by atoms with Crippen LogP contribution in [0.25, 0.3) is 0 Å². The summed E-state index contributed by atoms with van der Waals surface area (Å²) in [6.45, 7) is 1.97. The Labute approximate surface area is 60.7 Å². The lowest BCUT2D eigenvalue weighted by atomic mass is 10.1. The number of hydrogen-bond donors (Lipinski definition) is 2. The van der Waals surface area contributed by atoms with E-state index in [0.29, 0.717) is 12.1 Å². The Balaban J connectivity index is 2.76. The first kappa shape index (κ1) is 7.17. The fraction of sp³-hybridized carbons (Fsp3) is 0.500. The van der Waals surface area contributed by atoms with E-state index in [0.717, 1.165) is 0 Å². The molecule has 1 aliphatic rings. The molecule has 2 atom stereocenters. The smallest absolute Gasteiger partial charge is 0.0812 e. The molecule has 0 amide bonds. The van der Waals surface area contributed by atoms with Crippen LogP contribution < -0.4 is 5.73 Å². The second kappa shape index (κ2) is 2.76. The molecule has 2 heteroatoms. The highest BCUT2D eigenvalue weighted by molar-refractivity contribution is 5.29. The van der Waals surface area contributed by atoms with Crippen LogP contribution >= 0.6 is 0 Å². The zero-order chi connectivity index (χ0) is 7.56. The maximum atomic E-state index is 9.19. The molecule has 0 spiro atoms. The monoisotopic (exact) mass is 137 g/mol. The maximum absolute atomic E-state index is 9.19. The largest absolute Gasteiger partial charge is 0.392 e. The average molecular weight is 137 g/mol. The van der Waals surface area contributed by atoms with Crippen molar-refractivity contribution < 1.29 is 5.11 Å². The Kier molecular flexibility index (Phi) is 1.98. The maximum Gasteiger partial charge on any atom is 0.0812 e. The molecule has 0 bridgehead atoms. The molecule has 0 saturated heterocycles. The first-order valence-corrected chi connectivity index (χ1v) is 3.35. The number of aliphatic hydroxyl groups excluding tert-OH is 1. The molecule has 2 unspecified atom stereocenters. The van der Waals surface area contributed by atoms with E-state index in [4.69, 9.17) is 5.73 Å². The zero-order valence-electron chi connectivity index (χ0n) is 5.96. The molecular formula is C8H11NO. The highest BCUT2D eigenvalue weighted by atomic mass is 16.3. The van der Waals surface area contributed by atoms with Gasteiger partial charge in [-0.3, -0.25) is 0 Å². The lowest BCUT2D eigenvalue weighted by molar-refractivity contribution is 0.201. The fourth-order valence-electron chi connectivity index (χ4n) is 0.945. The van der Waals surface area contributed by atoms with E-state index < -0.39 is 6.10 Å². The number of allylic oxidation sites excluding steroid dienone is 1. The van der Waals surface area contributed by atoms with Crippen LogP contribution in [0, 0.1) is 17.8 Å². The summed E-state index contributed by atoms with van der Waals surface area (Å²) in [5, 5.41) is 9.19. The van der Waals surface area contributed by atoms with Gasteiger partial charge >= 0.3 is 0 Å². The van der Waals surface area contributed by atoms with E-state index >= 15 is 0 Å². The van der Waals surface area contributed by atoms with Gasteiger partial charge in [-0.2, -0.15) is 0 Å². The van der Waals surface area contributed by atoms with Crippen LogP contribution in [0.5, 0.6) is 0 Å². The molecule has 1 rings (SSSR count). The molecule has 0 fully saturated rings. The second-order valence-electron chi connectivity index (χ2n) is 2.60. The van der Waals surface area contributed by atoms with Crippen molar-refractivity contribution in [2.75, 3.05) is 0 Å². The van der Waals surface area contributed by atoms with Crippen LogP contribution in [0.3, 0.4) is 0 Å². The molecule has 0 saturated carbocycles. The molecule has 1 aliphatic carbocycles. The average Bonchev–Trinajstić information content (AvgIpc) is 1.93. The van der Waals surface area contributed by atoms with E-state index in [-0.39, 0.29) is 5.92 Å². The first-order chi connectivity index (χ1) is 4.68. The SMILES string of the molecule is CC1C#CC(N)=CC(O)C1. The predicted molar refractivity (Wildman–Crippen MR) is 39.8 cm³/mol. The molecular weight excluding hydrogens is 126 g/mol. The van der Waals surface area contributed by atoms with Crippen molar-refractivity contribution >= 4 is 0 Å². The van der Waals surface area contributed by atoms with Gasteiger partial charge < -0.3 is 10.8 Å². The molecule has 0 aliphatic heterocycles. The van der Waals surface area contributed by atoms with E-state index in [9.17, 15) is 5.11 Å². The summed E-state index contributed by atoms with van der Waals surface area (Å²) in [6.07, 6.45) is 1.85. The summed E-state index contributed by atoms with van der Waals surface area (Å²) in [7, 11) is 0. The van der Waals surface area contributed by atoms with Gasteiger partial charge in [-0.1, -0.05) is 12.8 Å². The van der Waals surface area contributed by atoms with Gasteiger partial charge in [0, 0.05) is 5.92 Å². The quantitative estimate of drug-likeness (QED) is 0.469. The van der Waals surface area contributed by atoms with Crippen LogP contribution in [0.4, 0.5) is 0 Å². The van der Waals surface area contributed by atoms with Crippen molar-refractivity contribution in [1.82, 2.24) is 0 Å². The standard InChI is InChI=1S/C8H11NO/c1-6-2-3-7(9)5-8(10)4-6/h5-6,8,10H,4,9H2,1H3. The first-order valence-electron chi connectivity index (χ1n) is 3.35. The second-order valence-corrected chi connectivity index (χ2v) is 2.60. The van der Waals surface area contributed by atoms with E-state index in [1.165, 1.54) is 0 Å². The Morgan fingerprint density at radius 1 is 1.80 bits per heavy atom. The van der Waals surface area contributed by atoms with Crippen LogP contribution in [-0.2, 0) is 0 Å². The third-order valence-corrected chi connectivity index (χ3v) is 1.43. The minimum atomic E-state index is -0.433. The Morgan fingerprint density at radius 3 is 3.20 bits per heavy atom. The summed E-state index contributed by atoms with van der Waals surface area (Å²) in [6, 6.07) is 0. The molecule has 0 radical (unpaired) electrons. The van der Waals surface area contributed by atoms with Gasteiger partial charge in [0.1, 0.15) is 0 Å². The predicted octanol–water partition coefficient (Wildman–Crippen LogP) is 0.233. The Hall–Kier alpha value is -0.940. The molecule has 0 aromatic rings. The summed E-state index contributed by atoms with van der Waals surface area (Å²) < 4.78 is 0. The summed E-state index contributed by atoms with van der Waals surface area (Å²) >= 11 is 0. The Morgan fingerprint density at radius 2 is 2.50 bits per heavy atom. The lowest BCUT2D eigenvalue weighted by Crippen LogP contribution is -2.07. The molecule has 0 heterocycles. The minimum Gasteiger partial charge on any atom is -0.392 e. The summed E-state index contributed by atoms with van der Waals surface area (Å²) in [5.41, 5.74) is 5.90. The van der Waals surface area contributed by atoms with Gasteiger partial charge in [-0.05, 0) is 18.4 Å². The van der Waals surface area contributed by atoms with E-state index in [1.807, 2.05) is 6.92 Å². The molecule has 2 nitrogen and oxygen atoms in total. The van der Waals surface area contributed by atoms with Crippen molar-refractivity contribution in [3.63, 3.8) is 0 Å². The van der Waals surface area contributed by atoms with Crippen molar-refractivity contribution in [3.05, 3.63) is 11.8 Å². The van der Waals surface area contributed by atoms with Crippen molar-refractivity contribution in [2.24, 2.45) is 11.7 Å². The van der Waals surface area contributed by atoms with Crippen LogP contribution in [0.15, 0.2) is 11.8 Å². The zero-order valence-corrected chi connectivity index (χ0v) is 5.96. The van der Waals surface area contributed by atoms with Crippen molar-refractivity contribution in [1.29, 1.82) is 0 Å². The molecule has 3 N–H and O–H groups in total. The highest BCUT2D eigenvalue weighted by Crippen LogP contribution is 2.09. The Bertz CT molecular complexity index is 209. The lowest BCUT2D eigenvalue weighted by Gasteiger charge is -2.04. The summed E-state index contributed by atoms with van der Waals surface area (Å²) in [4.78, 5) is 0. The van der Waals surface area contributed by atoms with Gasteiger partial charge in [-0.25, -0.2) is 0 Å². The minimum absolute atomic E-state index is 0.243. The topological polar surface area (TPSA) is 46.2 Å². The van der Waals surface area contributed by atoms with Crippen LogP contribution in [0.2, 0.25) is 0 Å². The highest BCUT2D eigenvalue weighted by Gasteiger charge is 2.08. The van der Waals surface area contributed by atoms with Crippen molar-refractivity contribution in [2.45, 2.75) is 19.4 Å². The van der Waals surface area contributed by atoms with E-state index in [1.54, 1.807) is 6.08 Å². The van der Waals surface area contributed by atoms with Crippen molar-refractivity contribution in [3.8, 4) is 11.8 Å². The fourth-order valence-corrected chi connectivity index (χ4v) is 0.945. The number of aliphatic hydroxyl groups is 1. The van der Waals surface area contributed by atoms with Gasteiger partial charge in [0.2, 0.25) is 0 Å². The van der Waals surface area contributed by atoms with E-state index in [2.05, 4.69) is 11.8 Å². The number of rotatable bonds is 0. The molecule has 54 valence electrons.